The van der Waals surface area contributed by atoms with E-state index >= 15 is 0 Å². The average Bonchev–Trinajstić information content (AvgIpc) is 2.68. The van der Waals surface area contributed by atoms with Gasteiger partial charge in [-0.25, -0.2) is 4.39 Å². The zero-order valence-corrected chi connectivity index (χ0v) is 15.7. The molecule has 0 radical (unpaired) electrons. The van der Waals surface area contributed by atoms with Crippen LogP contribution in [-0.2, 0) is 6.54 Å². The summed E-state index contributed by atoms with van der Waals surface area (Å²) in [5.74, 6) is -0.942. The number of nitrogens with zero attached hydrogens (tertiary/aromatic N) is 3. The smallest absolute Gasteiger partial charge is 0.259 e. The molecule has 1 aliphatic heterocycles. The van der Waals surface area contributed by atoms with Crippen LogP contribution in [0.2, 0.25) is 0 Å². The summed E-state index contributed by atoms with van der Waals surface area (Å²) in [6.45, 7) is 5.32. The number of carbonyl (C=O) groups is 1. The first kappa shape index (κ1) is 19.3. The highest BCUT2D eigenvalue weighted by molar-refractivity contribution is 5.97. The number of hydrogen-bond acceptors (Lipinski definition) is 5. The Bertz CT molecular complexity index is 906. The fourth-order valence-electron chi connectivity index (χ4n) is 3.42. The Balaban J connectivity index is 2.14. The number of anilines is 1. The van der Waals surface area contributed by atoms with Crippen LogP contribution < -0.4 is 15.6 Å². The second kappa shape index (κ2) is 8.06. The first-order chi connectivity index (χ1) is 13.0. The predicted molar refractivity (Wildman–Crippen MR) is 103 cm³/mol. The lowest BCUT2D eigenvalue weighted by Gasteiger charge is -2.30. The SMILES string of the molecule is CCn1cc(C(=O)N(C)CCO)c(=O)c2cc(F)c(N3CCNCC3)cc21. The molecule has 3 rings (SSSR count). The number of halogens is 1. The van der Waals surface area contributed by atoms with Gasteiger partial charge in [-0.3, -0.25) is 9.59 Å². The molecule has 8 heteroatoms. The Hall–Kier alpha value is -2.45. The van der Waals surface area contributed by atoms with Gasteiger partial charge >= 0.3 is 0 Å². The van der Waals surface area contributed by atoms with Gasteiger partial charge in [0.25, 0.3) is 5.91 Å². The molecule has 146 valence electrons. The van der Waals surface area contributed by atoms with Crippen molar-refractivity contribution in [3.63, 3.8) is 0 Å². The highest BCUT2D eigenvalue weighted by Gasteiger charge is 2.21. The highest BCUT2D eigenvalue weighted by Crippen LogP contribution is 2.25. The Kier molecular flexibility index (Phi) is 5.76. The topological polar surface area (TPSA) is 77.8 Å². The number of nitrogens with one attached hydrogen (secondary N) is 1. The number of rotatable bonds is 5. The molecule has 1 aliphatic rings. The number of fused-ring (bicyclic) bond motifs is 1. The van der Waals surface area contributed by atoms with E-state index in [0.29, 0.717) is 30.8 Å². The quantitative estimate of drug-likeness (QED) is 0.801. The maximum absolute atomic E-state index is 14.8. The number of amides is 1. The molecule has 27 heavy (non-hydrogen) atoms. The summed E-state index contributed by atoms with van der Waals surface area (Å²) < 4.78 is 16.6. The van der Waals surface area contributed by atoms with Crippen molar-refractivity contribution in [2.75, 3.05) is 51.3 Å². The summed E-state index contributed by atoms with van der Waals surface area (Å²) in [5.41, 5.74) is 0.575. The van der Waals surface area contributed by atoms with Gasteiger partial charge in [-0.2, -0.15) is 0 Å². The van der Waals surface area contributed by atoms with E-state index in [1.165, 1.54) is 24.2 Å². The number of pyridine rings is 1. The first-order valence-corrected chi connectivity index (χ1v) is 9.16. The van der Waals surface area contributed by atoms with Gasteiger partial charge < -0.3 is 24.8 Å². The molecule has 2 aromatic rings. The normalized spacial score (nSPS) is 14.6. The molecule has 2 N–H and O–H groups in total. The van der Waals surface area contributed by atoms with E-state index < -0.39 is 17.2 Å². The Labute approximate surface area is 157 Å². The first-order valence-electron chi connectivity index (χ1n) is 9.16. The minimum absolute atomic E-state index is 0.0189. The molecule has 0 aliphatic carbocycles. The molecular formula is C19H25FN4O3. The van der Waals surface area contributed by atoms with E-state index in [0.717, 1.165) is 13.1 Å². The molecular weight excluding hydrogens is 351 g/mol. The van der Waals surface area contributed by atoms with Crippen LogP contribution in [0.25, 0.3) is 10.9 Å². The second-order valence-electron chi connectivity index (χ2n) is 6.67. The van der Waals surface area contributed by atoms with E-state index in [1.807, 2.05) is 11.8 Å². The number of carbonyl (C=O) groups excluding carboxylic acids is 1. The van der Waals surface area contributed by atoms with Gasteiger partial charge in [0.1, 0.15) is 11.4 Å². The summed E-state index contributed by atoms with van der Waals surface area (Å²) in [6, 6.07) is 2.94. The Morgan fingerprint density at radius 2 is 2.04 bits per heavy atom. The van der Waals surface area contributed by atoms with Gasteiger partial charge in [-0.15, -0.1) is 0 Å². The molecule has 0 unspecified atom stereocenters. The molecule has 0 atom stereocenters. The van der Waals surface area contributed by atoms with Crippen molar-refractivity contribution < 1.29 is 14.3 Å². The fraction of sp³-hybridized carbons (Fsp3) is 0.474. The number of likely N-dealkylation sites (N-methyl/N-ethyl adjacent to an activating group) is 1. The summed E-state index contributed by atoms with van der Waals surface area (Å²) in [4.78, 5) is 28.7. The fourth-order valence-corrected chi connectivity index (χ4v) is 3.42. The largest absolute Gasteiger partial charge is 0.395 e. The monoisotopic (exact) mass is 376 g/mol. The van der Waals surface area contributed by atoms with Crippen molar-refractivity contribution >= 4 is 22.5 Å². The number of hydrogen-bond donors (Lipinski definition) is 2. The minimum Gasteiger partial charge on any atom is -0.395 e. The molecule has 1 aromatic carbocycles. The Morgan fingerprint density at radius 3 is 2.67 bits per heavy atom. The number of benzene rings is 1. The summed E-state index contributed by atoms with van der Waals surface area (Å²) in [7, 11) is 1.52. The molecule has 0 bridgehead atoms. The summed E-state index contributed by atoms with van der Waals surface area (Å²) >= 11 is 0. The molecule has 1 fully saturated rings. The third-order valence-electron chi connectivity index (χ3n) is 4.96. The van der Waals surface area contributed by atoms with E-state index in [2.05, 4.69) is 5.32 Å². The van der Waals surface area contributed by atoms with Crippen molar-refractivity contribution in [1.82, 2.24) is 14.8 Å². The molecule has 2 heterocycles. The van der Waals surface area contributed by atoms with Crippen molar-refractivity contribution in [3.8, 4) is 0 Å². The van der Waals surface area contributed by atoms with Gasteiger partial charge in [-0.1, -0.05) is 0 Å². The van der Waals surface area contributed by atoms with Gasteiger partial charge in [-0.05, 0) is 19.1 Å². The van der Waals surface area contributed by atoms with Crippen LogP contribution in [0.4, 0.5) is 10.1 Å². The van der Waals surface area contributed by atoms with Gasteiger partial charge in [0, 0.05) is 57.9 Å². The summed E-state index contributed by atoms with van der Waals surface area (Å²) in [5, 5.41) is 12.5. The van der Waals surface area contributed by atoms with Crippen LogP contribution in [-0.4, -0.2) is 66.9 Å². The maximum Gasteiger partial charge on any atom is 0.259 e. The van der Waals surface area contributed by atoms with Crippen molar-refractivity contribution in [2.24, 2.45) is 0 Å². The van der Waals surface area contributed by atoms with Gasteiger partial charge in [0.05, 0.1) is 17.8 Å². The molecule has 1 amide bonds. The van der Waals surface area contributed by atoms with Crippen molar-refractivity contribution in [3.05, 3.63) is 39.9 Å². The number of aliphatic hydroxyl groups is 1. The molecule has 1 saturated heterocycles. The lowest BCUT2D eigenvalue weighted by Crippen LogP contribution is -2.44. The number of aliphatic hydroxyl groups excluding tert-OH is 1. The van der Waals surface area contributed by atoms with Crippen LogP contribution in [0, 0.1) is 5.82 Å². The minimum atomic E-state index is -0.491. The van der Waals surface area contributed by atoms with Crippen LogP contribution in [0.1, 0.15) is 17.3 Å². The average molecular weight is 376 g/mol. The lowest BCUT2D eigenvalue weighted by molar-refractivity contribution is 0.0765. The van der Waals surface area contributed by atoms with Crippen molar-refractivity contribution in [2.45, 2.75) is 13.5 Å². The van der Waals surface area contributed by atoms with Crippen molar-refractivity contribution in [1.29, 1.82) is 0 Å². The van der Waals surface area contributed by atoms with Crippen LogP contribution in [0.15, 0.2) is 23.1 Å². The predicted octanol–water partition coefficient (Wildman–Crippen LogP) is 0.634. The Morgan fingerprint density at radius 1 is 1.33 bits per heavy atom. The standard InChI is InChI=1S/C19H25FN4O3/c1-3-23-12-14(19(27)22(2)8-9-25)18(26)13-10-15(20)17(11-16(13)23)24-6-4-21-5-7-24/h10-12,21,25H,3-9H2,1-2H3. The van der Waals surface area contributed by atoms with Crippen LogP contribution >= 0.6 is 0 Å². The van der Waals surface area contributed by atoms with Crippen LogP contribution in [0.5, 0.6) is 0 Å². The number of aryl methyl sites for hydroxylation is 1. The third kappa shape index (κ3) is 3.68. The van der Waals surface area contributed by atoms with E-state index in [9.17, 15) is 14.0 Å². The highest BCUT2D eigenvalue weighted by atomic mass is 19.1. The zero-order valence-electron chi connectivity index (χ0n) is 15.7. The number of piperazine rings is 1. The summed E-state index contributed by atoms with van der Waals surface area (Å²) in [6.07, 6.45) is 1.53. The van der Waals surface area contributed by atoms with E-state index in [1.54, 1.807) is 10.6 Å². The van der Waals surface area contributed by atoms with Gasteiger partial charge in [0.15, 0.2) is 0 Å². The third-order valence-corrected chi connectivity index (χ3v) is 4.96. The second-order valence-corrected chi connectivity index (χ2v) is 6.67. The number of aromatic nitrogens is 1. The van der Waals surface area contributed by atoms with E-state index in [4.69, 9.17) is 5.11 Å². The van der Waals surface area contributed by atoms with Gasteiger partial charge in [0.2, 0.25) is 5.43 Å². The molecule has 7 nitrogen and oxygen atoms in total. The molecule has 0 saturated carbocycles. The lowest BCUT2D eigenvalue weighted by atomic mass is 10.1. The van der Waals surface area contributed by atoms with Crippen LogP contribution in [0.3, 0.4) is 0 Å². The molecule has 1 aromatic heterocycles. The molecule has 0 spiro atoms. The maximum atomic E-state index is 14.8. The van der Waals surface area contributed by atoms with E-state index in [-0.39, 0.29) is 24.1 Å². The zero-order chi connectivity index (χ0) is 19.6.